The highest BCUT2D eigenvalue weighted by Gasteiger charge is 2.16. The summed E-state index contributed by atoms with van der Waals surface area (Å²) in [6.45, 7) is 0.853. The lowest BCUT2D eigenvalue weighted by Crippen LogP contribution is -2.25. The number of benzene rings is 2. The second kappa shape index (κ2) is 7.36. The molecule has 0 saturated carbocycles. The minimum atomic E-state index is -0.190. The smallest absolute Gasteiger partial charge is 0.251 e. The van der Waals surface area contributed by atoms with Gasteiger partial charge in [0.2, 0.25) is 5.91 Å². The molecule has 2 aromatic carbocycles. The van der Waals surface area contributed by atoms with E-state index in [1.54, 1.807) is 18.2 Å². The van der Waals surface area contributed by atoms with E-state index in [9.17, 15) is 9.59 Å². The Hall–Kier alpha value is -2.53. The van der Waals surface area contributed by atoms with Gasteiger partial charge in [0, 0.05) is 17.1 Å². The summed E-state index contributed by atoms with van der Waals surface area (Å²) >= 11 is 5.85. The number of anilines is 1. The standard InChI is InChI=1S/C18H17ClN2O3/c19-14-4-1-12(2-5-14)7-9-20-18(23)13-3-6-16-15(11-13)21-17(22)8-10-24-16/h1-6,11H,7-10H2,(H,20,23)(H,21,22). The summed E-state index contributed by atoms with van der Waals surface area (Å²) in [6, 6.07) is 12.5. The number of nitrogens with one attached hydrogen (secondary N) is 2. The first-order valence-electron chi connectivity index (χ1n) is 7.71. The molecule has 1 aliphatic heterocycles. The number of carbonyl (C=O) groups is 2. The summed E-state index contributed by atoms with van der Waals surface area (Å²) in [5.74, 6) is 0.276. The van der Waals surface area contributed by atoms with Crippen molar-refractivity contribution in [3.05, 3.63) is 58.6 Å². The van der Waals surface area contributed by atoms with Gasteiger partial charge in [0.25, 0.3) is 5.91 Å². The predicted molar refractivity (Wildman–Crippen MR) is 92.7 cm³/mol. The van der Waals surface area contributed by atoms with E-state index >= 15 is 0 Å². The van der Waals surface area contributed by atoms with Crippen LogP contribution in [-0.2, 0) is 11.2 Å². The minimum absolute atomic E-state index is 0.117. The second-order valence-electron chi connectivity index (χ2n) is 5.49. The van der Waals surface area contributed by atoms with Crippen LogP contribution in [0.25, 0.3) is 0 Å². The van der Waals surface area contributed by atoms with Crippen molar-refractivity contribution >= 4 is 29.1 Å². The van der Waals surface area contributed by atoms with Crippen LogP contribution in [0, 0.1) is 0 Å². The Morgan fingerprint density at radius 2 is 2.00 bits per heavy atom. The number of ether oxygens (including phenoxy) is 1. The number of hydrogen-bond donors (Lipinski definition) is 2. The van der Waals surface area contributed by atoms with Gasteiger partial charge >= 0.3 is 0 Å². The molecule has 2 aromatic rings. The third-order valence-corrected chi connectivity index (χ3v) is 3.97. The van der Waals surface area contributed by atoms with Crippen LogP contribution in [0.4, 0.5) is 5.69 Å². The summed E-state index contributed by atoms with van der Waals surface area (Å²) in [7, 11) is 0. The molecule has 0 radical (unpaired) electrons. The molecule has 6 heteroatoms. The molecule has 2 amide bonds. The number of rotatable bonds is 4. The summed E-state index contributed by atoms with van der Waals surface area (Å²) in [6.07, 6.45) is 1.02. The fraction of sp³-hybridized carbons (Fsp3) is 0.222. The van der Waals surface area contributed by atoms with Crippen LogP contribution in [0.5, 0.6) is 5.75 Å². The van der Waals surface area contributed by atoms with Gasteiger partial charge in [-0.15, -0.1) is 0 Å². The van der Waals surface area contributed by atoms with Gasteiger partial charge < -0.3 is 15.4 Å². The maximum atomic E-state index is 12.3. The highest BCUT2D eigenvalue weighted by Crippen LogP contribution is 2.28. The molecule has 0 atom stereocenters. The third kappa shape index (κ3) is 4.06. The Labute approximate surface area is 145 Å². The topological polar surface area (TPSA) is 67.4 Å². The highest BCUT2D eigenvalue weighted by molar-refractivity contribution is 6.30. The Morgan fingerprint density at radius 1 is 1.21 bits per heavy atom. The number of fused-ring (bicyclic) bond motifs is 1. The summed E-state index contributed by atoms with van der Waals surface area (Å²) < 4.78 is 5.48. The lowest BCUT2D eigenvalue weighted by atomic mass is 10.1. The van der Waals surface area contributed by atoms with Crippen molar-refractivity contribution in [2.24, 2.45) is 0 Å². The molecule has 0 saturated heterocycles. The fourth-order valence-electron chi connectivity index (χ4n) is 2.43. The zero-order chi connectivity index (χ0) is 16.9. The SMILES string of the molecule is O=C1CCOc2ccc(C(=O)NCCc3ccc(Cl)cc3)cc2N1. The second-order valence-corrected chi connectivity index (χ2v) is 5.93. The lowest BCUT2D eigenvalue weighted by Gasteiger charge is -2.10. The molecule has 3 rings (SSSR count). The Bertz CT molecular complexity index is 759. The minimum Gasteiger partial charge on any atom is -0.491 e. The molecule has 0 bridgehead atoms. The van der Waals surface area contributed by atoms with E-state index in [0.717, 1.165) is 5.56 Å². The van der Waals surface area contributed by atoms with Gasteiger partial charge in [-0.25, -0.2) is 0 Å². The van der Waals surface area contributed by atoms with E-state index in [4.69, 9.17) is 16.3 Å². The van der Waals surface area contributed by atoms with Crippen LogP contribution in [0.2, 0.25) is 5.02 Å². The van der Waals surface area contributed by atoms with Crippen molar-refractivity contribution in [2.45, 2.75) is 12.8 Å². The van der Waals surface area contributed by atoms with Gasteiger partial charge in [0.1, 0.15) is 5.75 Å². The van der Waals surface area contributed by atoms with Crippen molar-refractivity contribution in [3.63, 3.8) is 0 Å². The normalized spacial score (nSPS) is 13.3. The van der Waals surface area contributed by atoms with Crippen LogP contribution >= 0.6 is 11.6 Å². The third-order valence-electron chi connectivity index (χ3n) is 3.72. The molecule has 0 aromatic heterocycles. The Kier molecular flexibility index (Phi) is 5.01. The predicted octanol–water partition coefficient (Wildman–Crippen LogP) is 3.03. The molecular formula is C18H17ClN2O3. The molecule has 124 valence electrons. The van der Waals surface area contributed by atoms with E-state index in [0.29, 0.717) is 48.0 Å². The summed E-state index contributed by atoms with van der Waals surface area (Å²) in [4.78, 5) is 23.8. The molecule has 0 aliphatic carbocycles. The first-order chi connectivity index (χ1) is 11.6. The van der Waals surface area contributed by atoms with Crippen molar-refractivity contribution in [2.75, 3.05) is 18.5 Å². The van der Waals surface area contributed by atoms with E-state index in [2.05, 4.69) is 10.6 Å². The van der Waals surface area contributed by atoms with Crippen molar-refractivity contribution in [1.29, 1.82) is 0 Å². The van der Waals surface area contributed by atoms with E-state index in [1.807, 2.05) is 24.3 Å². The van der Waals surface area contributed by atoms with Crippen molar-refractivity contribution in [1.82, 2.24) is 5.32 Å². The molecule has 0 unspecified atom stereocenters. The average molecular weight is 345 g/mol. The van der Waals surface area contributed by atoms with Gasteiger partial charge in [-0.05, 0) is 42.3 Å². The van der Waals surface area contributed by atoms with E-state index in [1.165, 1.54) is 0 Å². The van der Waals surface area contributed by atoms with E-state index < -0.39 is 0 Å². The van der Waals surface area contributed by atoms with Gasteiger partial charge in [0.15, 0.2) is 0 Å². The quantitative estimate of drug-likeness (QED) is 0.895. The molecule has 1 aliphatic rings. The first-order valence-corrected chi connectivity index (χ1v) is 8.09. The zero-order valence-corrected chi connectivity index (χ0v) is 13.7. The highest BCUT2D eigenvalue weighted by atomic mass is 35.5. The monoisotopic (exact) mass is 344 g/mol. The van der Waals surface area contributed by atoms with Gasteiger partial charge in [-0.2, -0.15) is 0 Å². The van der Waals surface area contributed by atoms with Crippen LogP contribution in [0.1, 0.15) is 22.3 Å². The van der Waals surface area contributed by atoms with Crippen LogP contribution in [0.15, 0.2) is 42.5 Å². The summed E-state index contributed by atoms with van der Waals surface area (Å²) in [5.41, 5.74) is 2.11. The molecule has 24 heavy (non-hydrogen) atoms. The van der Waals surface area contributed by atoms with Gasteiger partial charge in [-0.3, -0.25) is 9.59 Å². The number of hydrogen-bond acceptors (Lipinski definition) is 3. The molecule has 5 nitrogen and oxygen atoms in total. The molecule has 0 fully saturated rings. The maximum Gasteiger partial charge on any atom is 0.251 e. The van der Waals surface area contributed by atoms with Gasteiger partial charge in [-0.1, -0.05) is 23.7 Å². The Balaban J connectivity index is 1.60. The van der Waals surface area contributed by atoms with Crippen molar-refractivity contribution in [3.8, 4) is 5.75 Å². The van der Waals surface area contributed by atoms with Crippen LogP contribution in [0.3, 0.4) is 0 Å². The van der Waals surface area contributed by atoms with Crippen molar-refractivity contribution < 1.29 is 14.3 Å². The number of carbonyl (C=O) groups excluding carboxylic acids is 2. The molecular weight excluding hydrogens is 328 g/mol. The zero-order valence-electron chi connectivity index (χ0n) is 13.0. The van der Waals surface area contributed by atoms with E-state index in [-0.39, 0.29) is 11.8 Å². The van der Waals surface area contributed by atoms with Crippen LogP contribution < -0.4 is 15.4 Å². The maximum absolute atomic E-state index is 12.3. The number of halogens is 1. The largest absolute Gasteiger partial charge is 0.491 e. The number of amides is 2. The lowest BCUT2D eigenvalue weighted by molar-refractivity contribution is -0.116. The summed E-state index contributed by atoms with van der Waals surface area (Å²) in [5, 5.41) is 6.31. The van der Waals surface area contributed by atoms with Crippen LogP contribution in [-0.4, -0.2) is 25.0 Å². The van der Waals surface area contributed by atoms with Gasteiger partial charge in [0.05, 0.1) is 18.7 Å². The fourth-order valence-corrected chi connectivity index (χ4v) is 2.56. The first kappa shape index (κ1) is 16.3. The Morgan fingerprint density at radius 3 is 2.79 bits per heavy atom. The molecule has 1 heterocycles. The average Bonchev–Trinajstić information content (AvgIpc) is 2.76. The molecule has 0 spiro atoms. The molecule has 2 N–H and O–H groups in total.